The summed E-state index contributed by atoms with van der Waals surface area (Å²) in [6.45, 7) is 4.07. The summed E-state index contributed by atoms with van der Waals surface area (Å²) in [6.07, 6.45) is 5.07. The largest absolute Gasteiger partial charge is 0.356 e. The van der Waals surface area contributed by atoms with Gasteiger partial charge in [0.2, 0.25) is 5.91 Å². The summed E-state index contributed by atoms with van der Waals surface area (Å²) in [5.41, 5.74) is 3.06. The van der Waals surface area contributed by atoms with Crippen LogP contribution in [0.2, 0.25) is 0 Å². The minimum atomic E-state index is -0.387. The standard InChI is InChI=1S/C26H28BrFN4O/c1-17-14-25(32-12-10-21(11-13-32)31(2)3)30-24-8-7-20(16-22(17)24)29-26(33)9-5-18-4-6-19(27)15-23(18)28/h4-9,14-16,21H,10-13H2,1-3H3,(H,29,33). The Labute approximate surface area is 202 Å². The van der Waals surface area contributed by atoms with Gasteiger partial charge < -0.3 is 15.1 Å². The number of fused-ring (bicyclic) bond motifs is 1. The number of halogens is 2. The van der Waals surface area contributed by atoms with E-state index in [0.717, 1.165) is 48.2 Å². The number of nitrogens with zero attached hydrogens (tertiary/aromatic N) is 3. The van der Waals surface area contributed by atoms with Crippen LogP contribution in [0.4, 0.5) is 15.9 Å². The monoisotopic (exact) mass is 510 g/mol. The lowest BCUT2D eigenvalue weighted by Gasteiger charge is -2.36. The van der Waals surface area contributed by atoms with E-state index in [-0.39, 0.29) is 11.7 Å². The van der Waals surface area contributed by atoms with E-state index in [2.05, 4.69) is 58.1 Å². The molecule has 0 aliphatic carbocycles. The zero-order valence-electron chi connectivity index (χ0n) is 19.1. The van der Waals surface area contributed by atoms with Gasteiger partial charge in [-0.2, -0.15) is 0 Å². The second-order valence-electron chi connectivity index (χ2n) is 8.70. The fraction of sp³-hybridized carbons (Fsp3) is 0.308. The van der Waals surface area contributed by atoms with Crippen LogP contribution in [0.25, 0.3) is 17.0 Å². The van der Waals surface area contributed by atoms with Crippen LogP contribution in [-0.4, -0.2) is 49.0 Å². The first-order valence-corrected chi connectivity index (χ1v) is 11.9. The van der Waals surface area contributed by atoms with Gasteiger partial charge in [-0.15, -0.1) is 0 Å². The maximum Gasteiger partial charge on any atom is 0.248 e. The number of pyridine rings is 1. The van der Waals surface area contributed by atoms with E-state index in [9.17, 15) is 9.18 Å². The van der Waals surface area contributed by atoms with Gasteiger partial charge in [-0.05, 0) is 81.9 Å². The number of hydrogen-bond acceptors (Lipinski definition) is 4. The van der Waals surface area contributed by atoms with E-state index in [1.54, 1.807) is 12.1 Å². The van der Waals surface area contributed by atoms with Crippen molar-refractivity contribution in [3.63, 3.8) is 0 Å². The third-order valence-corrected chi connectivity index (χ3v) is 6.66. The number of aryl methyl sites for hydroxylation is 1. The maximum absolute atomic E-state index is 13.9. The smallest absolute Gasteiger partial charge is 0.248 e. The van der Waals surface area contributed by atoms with Crippen molar-refractivity contribution in [2.45, 2.75) is 25.8 Å². The van der Waals surface area contributed by atoms with Gasteiger partial charge in [-0.1, -0.05) is 22.0 Å². The Hall–Kier alpha value is -2.77. The molecule has 172 valence electrons. The second-order valence-corrected chi connectivity index (χ2v) is 9.62. The predicted molar refractivity (Wildman–Crippen MR) is 137 cm³/mol. The first-order chi connectivity index (χ1) is 15.8. The Kier molecular flexibility index (Phi) is 7.10. The Morgan fingerprint density at radius 2 is 1.94 bits per heavy atom. The van der Waals surface area contributed by atoms with Crippen LogP contribution >= 0.6 is 15.9 Å². The molecule has 2 heterocycles. The van der Waals surface area contributed by atoms with Gasteiger partial charge in [0.1, 0.15) is 11.6 Å². The van der Waals surface area contributed by atoms with Crippen molar-refractivity contribution in [1.82, 2.24) is 9.88 Å². The molecular weight excluding hydrogens is 483 g/mol. The summed E-state index contributed by atoms with van der Waals surface area (Å²) in [7, 11) is 4.29. The number of benzene rings is 2. The third kappa shape index (κ3) is 5.60. The molecule has 0 atom stereocenters. The lowest BCUT2D eigenvalue weighted by Crippen LogP contribution is -2.42. The highest BCUT2D eigenvalue weighted by Gasteiger charge is 2.22. The number of aromatic nitrogens is 1. The Morgan fingerprint density at radius 1 is 1.18 bits per heavy atom. The summed E-state index contributed by atoms with van der Waals surface area (Å²) in [6, 6.07) is 13.2. The molecule has 1 aliphatic heterocycles. The molecule has 1 fully saturated rings. The van der Waals surface area contributed by atoms with Crippen molar-refractivity contribution < 1.29 is 9.18 Å². The van der Waals surface area contributed by atoms with E-state index in [1.165, 1.54) is 18.2 Å². The highest BCUT2D eigenvalue weighted by atomic mass is 79.9. The number of anilines is 2. The maximum atomic E-state index is 13.9. The van der Waals surface area contributed by atoms with Crippen LogP contribution in [-0.2, 0) is 4.79 Å². The molecule has 33 heavy (non-hydrogen) atoms. The van der Waals surface area contributed by atoms with Crippen LogP contribution in [0.5, 0.6) is 0 Å². The number of carbonyl (C=O) groups excluding carboxylic acids is 1. The van der Waals surface area contributed by atoms with Gasteiger partial charge in [0.05, 0.1) is 5.52 Å². The molecule has 1 aromatic heterocycles. The van der Waals surface area contributed by atoms with Crippen molar-refractivity contribution in [3.8, 4) is 0 Å². The van der Waals surface area contributed by atoms with Gasteiger partial charge in [0.25, 0.3) is 0 Å². The van der Waals surface area contributed by atoms with E-state index in [0.29, 0.717) is 21.8 Å². The molecule has 0 bridgehead atoms. The molecule has 1 amide bonds. The molecule has 5 nitrogen and oxygen atoms in total. The van der Waals surface area contributed by atoms with Gasteiger partial charge in [-0.25, -0.2) is 9.37 Å². The van der Waals surface area contributed by atoms with Crippen molar-refractivity contribution in [2.75, 3.05) is 37.4 Å². The van der Waals surface area contributed by atoms with Crippen LogP contribution in [0.15, 0.2) is 53.0 Å². The summed E-state index contributed by atoms with van der Waals surface area (Å²) >= 11 is 3.23. The molecule has 4 rings (SSSR count). The molecule has 2 aromatic carbocycles. The van der Waals surface area contributed by atoms with Gasteiger partial charge in [0.15, 0.2) is 0 Å². The summed E-state index contributed by atoms with van der Waals surface area (Å²) in [5, 5.41) is 3.86. The SMILES string of the molecule is Cc1cc(N2CCC(N(C)C)CC2)nc2ccc(NC(=O)C=Cc3ccc(Br)cc3F)cc12. The molecule has 1 aliphatic rings. The van der Waals surface area contributed by atoms with Crippen molar-refractivity contribution in [2.24, 2.45) is 0 Å². The molecule has 0 saturated carbocycles. The van der Waals surface area contributed by atoms with Crippen molar-refractivity contribution in [1.29, 1.82) is 0 Å². The first kappa shape index (κ1) is 23.4. The normalized spacial score (nSPS) is 15.0. The van der Waals surface area contributed by atoms with Crippen LogP contribution in [0.1, 0.15) is 24.0 Å². The Balaban J connectivity index is 1.47. The molecule has 1 saturated heterocycles. The summed E-state index contributed by atoms with van der Waals surface area (Å²) < 4.78 is 14.6. The molecular formula is C26H28BrFN4O. The average molecular weight is 511 g/mol. The van der Waals surface area contributed by atoms with Crippen LogP contribution in [0.3, 0.4) is 0 Å². The topological polar surface area (TPSA) is 48.5 Å². The zero-order valence-corrected chi connectivity index (χ0v) is 20.7. The highest BCUT2D eigenvalue weighted by molar-refractivity contribution is 9.10. The molecule has 0 spiro atoms. The average Bonchev–Trinajstić information content (AvgIpc) is 2.79. The van der Waals surface area contributed by atoms with E-state index in [1.807, 2.05) is 18.2 Å². The number of carbonyl (C=O) groups is 1. The summed E-state index contributed by atoms with van der Waals surface area (Å²) in [4.78, 5) is 21.9. The Morgan fingerprint density at radius 3 is 2.64 bits per heavy atom. The first-order valence-electron chi connectivity index (χ1n) is 11.1. The number of amides is 1. The fourth-order valence-corrected chi connectivity index (χ4v) is 4.55. The van der Waals surface area contributed by atoms with E-state index >= 15 is 0 Å². The Bertz CT molecular complexity index is 1200. The minimum Gasteiger partial charge on any atom is -0.356 e. The fourth-order valence-electron chi connectivity index (χ4n) is 4.21. The van der Waals surface area contributed by atoms with Gasteiger partial charge >= 0.3 is 0 Å². The van der Waals surface area contributed by atoms with Gasteiger partial charge in [-0.3, -0.25) is 4.79 Å². The van der Waals surface area contributed by atoms with Gasteiger partial charge in [0, 0.05) is 46.3 Å². The molecule has 3 aromatic rings. The van der Waals surface area contributed by atoms with E-state index < -0.39 is 0 Å². The molecule has 0 radical (unpaired) electrons. The molecule has 0 unspecified atom stereocenters. The van der Waals surface area contributed by atoms with Crippen LogP contribution in [0, 0.1) is 12.7 Å². The number of hydrogen-bond donors (Lipinski definition) is 1. The third-order valence-electron chi connectivity index (χ3n) is 6.17. The summed E-state index contributed by atoms with van der Waals surface area (Å²) in [5.74, 6) is 0.304. The number of nitrogens with one attached hydrogen (secondary N) is 1. The lowest BCUT2D eigenvalue weighted by atomic mass is 10.0. The molecule has 1 N–H and O–H groups in total. The molecule has 7 heteroatoms. The van der Waals surface area contributed by atoms with Crippen LogP contribution < -0.4 is 10.2 Å². The lowest BCUT2D eigenvalue weighted by molar-refractivity contribution is -0.111. The second kappa shape index (κ2) is 10.0. The zero-order chi connectivity index (χ0) is 23.5. The van der Waals surface area contributed by atoms with E-state index in [4.69, 9.17) is 4.98 Å². The number of rotatable bonds is 5. The predicted octanol–water partition coefficient (Wildman–Crippen LogP) is 5.63. The highest BCUT2D eigenvalue weighted by Crippen LogP contribution is 2.27. The minimum absolute atomic E-state index is 0.317. The van der Waals surface area contributed by atoms with Crippen molar-refractivity contribution >= 4 is 50.3 Å². The quantitative estimate of drug-likeness (QED) is 0.452. The number of piperidine rings is 1. The van der Waals surface area contributed by atoms with Crippen molar-refractivity contribution in [3.05, 3.63) is 70.0 Å².